The maximum absolute atomic E-state index is 12.9. The summed E-state index contributed by atoms with van der Waals surface area (Å²) in [6.07, 6.45) is 0.753. The minimum atomic E-state index is -1.07. The number of carbonyl (C=O) groups excluding carboxylic acids is 2. The van der Waals surface area contributed by atoms with Gasteiger partial charge in [0.25, 0.3) is 0 Å². The van der Waals surface area contributed by atoms with Crippen LogP contribution in [0.3, 0.4) is 0 Å². The van der Waals surface area contributed by atoms with Gasteiger partial charge in [-0.15, -0.1) is 0 Å². The van der Waals surface area contributed by atoms with Gasteiger partial charge in [0.05, 0.1) is 77.9 Å². The molecule has 0 radical (unpaired) electrons. The lowest BCUT2D eigenvalue weighted by Crippen LogP contribution is -2.44. The zero-order chi connectivity index (χ0) is 71.3. The molecule has 0 aliphatic carbocycles. The Bertz CT molecular complexity index is 3730. The maximum atomic E-state index is 12.9. The zero-order valence-electron chi connectivity index (χ0n) is 60.6. The fraction of sp³-hybridized carbons (Fsp3) is 0.447. The molecule has 0 saturated carbocycles. The van der Waals surface area contributed by atoms with E-state index in [2.05, 4.69) is 127 Å². The molecule has 24 nitrogen and oxygen atoms in total. The number of nitrogens with zero attached hydrogens (tertiary/aromatic N) is 12. The van der Waals surface area contributed by atoms with Crippen molar-refractivity contribution in [1.29, 1.82) is 0 Å². The van der Waals surface area contributed by atoms with Crippen LogP contribution in [0.5, 0.6) is 34.5 Å². The molecule has 6 aromatic carbocycles. The van der Waals surface area contributed by atoms with Crippen LogP contribution in [0.2, 0.25) is 0 Å². The van der Waals surface area contributed by atoms with Crippen molar-refractivity contribution >= 4 is 52.4 Å². The summed E-state index contributed by atoms with van der Waals surface area (Å²) in [5.41, 5.74) is 14.3. The summed E-state index contributed by atoms with van der Waals surface area (Å²) in [5, 5.41) is 34.2. The Labute approximate surface area is 589 Å². The first-order valence-corrected chi connectivity index (χ1v) is 34.6. The van der Waals surface area contributed by atoms with Crippen LogP contribution < -0.4 is 53.8 Å². The third-order valence-electron chi connectivity index (χ3n) is 19.3. The van der Waals surface area contributed by atoms with Crippen LogP contribution in [-0.4, -0.2) is 244 Å². The number of hydrogen-bond donors (Lipinski definition) is 3. The molecule has 3 saturated heterocycles. The molecule has 2 unspecified atom stereocenters. The van der Waals surface area contributed by atoms with Crippen LogP contribution in [0.4, 0.5) is 31.4 Å². The first kappa shape index (κ1) is 73.0. The predicted molar refractivity (Wildman–Crippen MR) is 395 cm³/mol. The van der Waals surface area contributed by atoms with Crippen LogP contribution in [0, 0.1) is 0 Å². The topological polar surface area (TPSA) is 217 Å². The molecule has 5 amide bonds. The Balaban J connectivity index is 0.000000162. The number of piperazine rings is 3. The first-order valence-electron chi connectivity index (χ1n) is 34.6. The van der Waals surface area contributed by atoms with E-state index in [4.69, 9.17) is 38.6 Å². The molecule has 3 N–H and O–H groups in total. The van der Waals surface area contributed by atoms with Gasteiger partial charge in [0.2, 0.25) is 0 Å². The van der Waals surface area contributed by atoms with Crippen LogP contribution >= 0.6 is 0 Å². The van der Waals surface area contributed by atoms with E-state index < -0.39 is 6.09 Å². The number of amides is 5. The number of anilines is 3. The van der Waals surface area contributed by atoms with Gasteiger partial charge in [0.1, 0.15) is 0 Å². The first-order chi connectivity index (χ1) is 48.3. The molecule has 0 aromatic heterocycles. The molecule has 24 heteroatoms. The van der Waals surface area contributed by atoms with Gasteiger partial charge in [-0.2, -0.15) is 20.3 Å². The number of carboxylic acid groups (broad SMARTS) is 1. The Morgan fingerprint density at radius 3 is 0.870 bits per heavy atom. The van der Waals surface area contributed by atoms with E-state index in [-0.39, 0.29) is 30.2 Å². The molecule has 534 valence electrons. The van der Waals surface area contributed by atoms with Gasteiger partial charge in [-0.3, -0.25) is 0 Å². The Kier molecular flexibility index (Phi) is 24.4. The second-order valence-corrected chi connectivity index (χ2v) is 26.1. The minimum absolute atomic E-state index is 0.120. The number of likely N-dealkylation sites (N-methyl/N-ethyl adjacent to an activating group) is 3. The number of nitrogens with one attached hydrogen (secondary N) is 2. The second kappa shape index (κ2) is 33.4. The summed E-state index contributed by atoms with van der Waals surface area (Å²) in [7, 11) is 16.2. The van der Waals surface area contributed by atoms with Gasteiger partial charge >= 0.3 is 18.2 Å². The number of methoxy groups -OCH3 is 6. The summed E-state index contributed by atoms with van der Waals surface area (Å²) < 4.78 is 33.3. The van der Waals surface area contributed by atoms with Gasteiger partial charge in [0.15, 0.2) is 34.5 Å². The highest BCUT2D eigenvalue weighted by Gasteiger charge is 2.33. The third-order valence-corrected chi connectivity index (χ3v) is 19.3. The van der Waals surface area contributed by atoms with Gasteiger partial charge in [0, 0.05) is 142 Å². The third kappa shape index (κ3) is 16.7. The normalized spacial score (nSPS) is 18.8. The van der Waals surface area contributed by atoms with Crippen molar-refractivity contribution in [2.45, 2.75) is 72.0 Å². The Hall–Kier alpha value is -9.78. The van der Waals surface area contributed by atoms with Crippen molar-refractivity contribution in [3.63, 3.8) is 0 Å². The number of hydrogen-bond acceptors (Lipinski definition) is 18. The summed E-state index contributed by atoms with van der Waals surface area (Å²) in [4.78, 5) is 51.9. The fourth-order valence-electron chi connectivity index (χ4n) is 13.4. The number of benzene rings is 6. The standard InChI is InChI=1S/2C26H35N5O3.C24H30N4O4/c2*1-6-27-26(32)31-18(2)15-20-16-23(33-4)24(34-5)17-22(20)25(28-31)19-7-9-21(10-8-19)30-13-11-29(3)12-14-30;1-16-13-18-14-21(31-3)22(32-4)15-20(18)23(25-28(16)24(29)30)17-5-7-19(8-6-17)27-11-9-26(2)10-12-27/h2*7-10,16-18H,6,11-15H2,1-5H3,(H,27,32);5-8,14-16H,9-13H2,1-4H3,(H,29,30)/t;;16-/m..0/s1. The monoisotopic (exact) mass is 1370 g/mol. The Morgan fingerprint density at radius 1 is 0.390 bits per heavy atom. The lowest BCUT2D eigenvalue weighted by Gasteiger charge is -2.34. The molecule has 12 rings (SSSR count). The molecule has 0 bridgehead atoms. The molecule has 3 atom stereocenters. The van der Waals surface area contributed by atoms with E-state index in [0.717, 1.165) is 151 Å². The minimum Gasteiger partial charge on any atom is -0.493 e. The second-order valence-electron chi connectivity index (χ2n) is 26.1. The maximum Gasteiger partial charge on any atom is 0.428 e. The number of rotatable bonds is 14. The predicted octanol–water partition coefficient (Wildman–Crippen LogP) is 9.50. The molecule has 6 aromatic rings. The van der Waals surface area contributed by atoms with Crippen molar-refractivity contribution in [3.8, 4) is 34.5 Å². The van der Waals surface area contributed by atoms with E-state index in [1.165, 1.54) is 11.4 Å². The molecule has 100 heavy (non-hydrogen) atoms. The van der Waals surface area contributed by atoms with Gasteiger partial charge in [-0.25, -0.2) is 24.4 Å². The average Bonchev–Trinajstić information content (AvgIpc) is 1.57. The molecule has 6 aliphatic heterocycles. The molecule has 6 aliphatic rings. The summed E-state index contributed by atoms with van der Waals surface area (Å²) in [5.74, 6) is 3.83. The SMILES string of the molecule is CCNC(=O)N1N=C(c2ccc(N3CCN(C)CC3)cc2)c2cc(OC)c(OC)cc2CC1C.CCNC(=O)N1N=C(c2ccc(N3CCN(C)CC3)cc2)c2cc(OC)c(OC)cc2CC1C.COc1cc2c(cc1OC)C(c1ccc(N3CCN(C)CC3)cc1)=NN(C(=O)O)[C@@H](C)C2. The Morgan fingerprint density at radius 2 is 0.630 bits per heavy atom. The van der Waals surface area contributed by atoms with E-state index in [1.807, 2.05) is 83.1 Å². The van der Waals surface area contributed by atoms with E-state index in [1.54, 1.807) is 52.7 Å². The highest BCUT2D eigenvalue weighted by atomic mass is 16.5. The molecule has 6 heterocycles. The van der Waals surface area contributed by atoms with Crippen LogP contribution in [0.25, 0.3) is 0 Å². The number of urea groups is 2. The van der Waals surface area contributed by atoms with Gasteiger partial charge < -0.3 is 73.6 Å². The highest BCUT2D eigenvalue weighted by Crippen LogP contribution is 2.39. The largest absolute Gasteiger partial charge is 0.493 e. The van der Waals surface area contributed by atoms with Crippen LogP contribution in [0.1, 0.15) is 84.7 Å². The summed E-state index contributed by atoms with van der Waals surface area (Å²) >= 11 is 0. The number of ether oxygens (including phenoxy) is 6. The van der Waals surface area contributed by atoms with Crippen molar-refractivity contribution in [2.75, 3.05) is 170 Å². The molecule has 3 fully saturated rings. The van der Waals surface area contributed by atoms with Crippen molar-refractivity contribution in [1.82, 2.24) is 40.4 Å². The average molecular weight is 1370 g/mol. The highest BCUT2D eigenvalue weighted by molar-refractivity contribution is 6.16. The number of hydrazone groups is 3. The molecule has 0 spiro atoms. The van der Waals surface area contributed by atoms with E-state index >= 15 is 0 Å². The van der Waals surface area contributed by atoms with Crippen molar-refractivity contribution in [2.24, 2.45) is 15.3 Å². The molecular formula is C76H100N14O10. The zero-order valence-corrected chi connectivity index (χ0v) is 60.6. The van der Waals surface area contributed by atoms with Gasteiger partial charge in [-0.1, -0.05) is 36.4 Å². The lowest BCUT2D eigenvalue weighted by atomic mass is 9.94. The van der Waals surface area contributed by atoms with Crippen molar-refractivity contribution in [3.05, 3.63) is 159 Å². The summed E-state index contributed by atoms with van der Waals surface area (Å²) in [6.45, 7) is 23.1. The summed E-state index contributed by atoms with van der Waals surface area (Å²) in [6, 6.07) is 36.0. The van der Waals surface area contributed by atoms with Gasteiger partial charge in [-0.05, 0) is 165 Å². The van der Waals surface area contributed by atoms with E-state index in [0.29, 0.717) is 72.6 Å². The number of fused-ring (bicyclic) bond motifs is 3. The van der Waals surface area contributed by atoms with Crippen LogP contribution in [0.15, 0.2) is 124 Å². The smallest absolute Gasteiger partial charge is 0.428 e. The fourth-order valence-corrected chi connectivity index (χ4v) is 13.4. The van der Waals surface area contributed by atoms with Crippen LogP contribution in [-0.2, 0) is 19.3 Å². The molecular weight excluding hydrogens is 1270 g/mol. The quantitative estimate of drug-likeness (QED) is 0.0925. The van der Waals surface area contributed by atoms with E-state index in [9.17, 15) is 19.5 Å². The number of carbonyl (C=O) groups is 3. The lowest BCUT2D eigenvalue weighted by molar-refractivity contribution is 0.131. The van der Waals surface area contributed by atoms with Crippen molar-refractivity contribution < 1.29 is 47.9 Å².